The van der Waals surface area contributed by atoms with Crippen molar-refractivity contribution in [3.05, 3.63) is 46.0 Å². The Hall–Kier alpha value is -0.990. The molecule has 0 radical (unpaired) electrons. The summed E-state index contributed by atoms with van der Waals surface area (Å²) in [4.78, 5) is 10.9. The van der Waals surface area contributed by atoms with Crippen molar-refractivity contribution in [1.29, 1.82) is 0 Å². The van der Waals surface area contributed by atoms with Crippen LogP contribution in [0.3, 0.4) is 0 Å². The van der Waals surface area contributed by atoms with Crippen molar-refractivity contribution < 1.29 is 4.79 Å². The van der Waals surface area contributed by atoms with Crippen LogP contribution in [0.25, 0.3) is 0 Å². The maximum absolute atomic E-state index is 10.9. The third-order valence-corrected chi connectivity index (χ3v) is 2.97. The van der Waals surface area contributed by atoms with Crippen LogP contribution in [0, 0.1) is 6.92 Å². The van der Waals surface area contributed by atoms with Crippen molar-refractivity contribution in [2.24, 2.45) is 0 Å². The van der Waals surface area contributed by atoms with Gasteiger partial charge in [0.15, 0.2) is 0 Å². The Bertz CT molecular complexity index is 402. The number of amides is 1. The summed E-state index contributed by atoms with van der Waals surface area (Å²) in [7, 11) is 0. The molecule has 0 bridgehead atoms. The van der Waals surface area contributed by atoms with E-state index in [4.69, 9.17) is 23.2 Å². The van der Waals surface area contributed by atoms with Crippen LogP contribution in [-0.2, 0) is 11.3 Å². The van der Waals surface area contributed by atoms with Crippen molar-refractivity contribution >= 4 is 29.1 Å². The van der Waals surface area contributed by atoms with Gasteiger partial charge in [-0.15, -0.1) is 0 Å². The van der Waals surface area contributed by atoms with Gasteiger partial charge in [0.05, 0.1) is 0 Å². The summed E-state index contributed by atoms with van der Waals surface area (Å²) >= 11 is 12.0. The quantitative estimate of drug-likeness (QED) is 0.813. The van der Waals surface area contributed by atoms with Gasteiger partial charge < -0.3 is 5.32 Å². The van der Waals surface area contributed by atoms with Crippen LogP contribution in [0.1, 0.15) is 11.1 Å². The molecule has 0 spiro atoms. The average molecular weight is 244 g/mol. The second-order valence-corrected chi connectivity index (χ2v) is 3.85. The highest BCUT2D eigenvalue weighted by molar-refractivity contribution is 6.36. The molecule has 80 valence electrons. The number of carbonyl (C=O) groups is 1. The molecule has 0 saturated heterocycles. The van der Waals surface area contributed by atoms with E-state index in [2.05, 4.69) is 11.9 Å². The first kappa shape index (κ1) is 12.1. The van der Waals surface area contributed by atoms with Gasteiger partial charge in [-0.05, 0) is 30.2 Å². The zero-order chi connectivity index (χ0) is 11.4. The second kappa shape index (κ2) is 5.19. The van der Waals surface area contributed by atoms with Crippen LogP contribution in [0.4, 0.5) is 0 Å². The fraction of sp³-hybridized carbons (Fsp3) is 0.182. The lowest BCUT2D eigenvalue weighted by Gasteiger charge is -2.08. The molecular weight excluding hydrogens is 233 g/mol. The first-order valence-corrected chi connectivity index (χ1v) is 5.15. The number of nitrogens with one attached hydrogen (secondary N) is 1. The minimum absolute atomic E-state index is 0.223. The van der Waals surface area contributed by atoms with Crippen molar-refractivity contribution in [3.63, 3.8) is 0 Å². The SMILES string of the molecule is C=CC(=O)NCc1ccc(Cl)c(C)c1Cl. The van der Waals surface area contributed by atoms with Gasteiger partial charge in [0.1, 0.15) is 0 Å². The smallest absolute Gasteiger partial charge is 0.243 e. The third kappa shape index (κ3) is 2.98. The third-order valence-electron chi connectivity index (χ3n) is 2.04. The summed E-state index contributed by atoms with van der Waals surface area (Å²) in [6.07, 6.45) is 1.22. The number of benzene rings is 1. The van der Waals surface area contributed by atoms with Gasteiger partial charge >= 0.3 is 0 Å². The Balaban J connectivity index is 2.83. The van der Waals surface area contributed by atoms with Crippen LogP contribution in [-0.4, -0.2) is 5.91 Å². The highest BCUT2D eigenvalue weighted by atomic mass is 35.5. The molecule has 0 atom stereocenters. The molecule has 1 aromatic rings. The van der Waals surface area contributed by atoms with E-state index in [1.807, 2.05) is 6.92 Å². The first-order valence-electron chi connectivity index (χ1n) is 4.40. The summed E-state index contributed by atoms with van der Waals surface area (Å²) in [5.41, 5.74) is 1.66. The van der Waals surface area contributed by atoms with E-state index in [0.717, 1.165) is 11.1 Å². The number of hydrogen-bond acceptors (Lipinski definition) is 1. The molecule has 1 N–H and O–H groups in total. The van der Waals surface area contributed by atoms with Crippen LogP contribution in [0.2, 0.25) is 10.0 Å². The fourth-order valence-corrected chi connectivity index (χ4v) is 1.55. The Morgan fingerprint density at radius 2 is 2.20 bits per heavy atom. The topological polar surface area (TPSA) is 29.1 Å². The molecule has 0 aromatic heterocycles. The second-order valence-electron chi connectivity index (χ2n) is 3.07. The molecule has 1 amide bonds. The van der Waals surface area contributed by atoms with Crippen LogP contribution in [0.5, 0.6) is 0 Å². The Labute approximate surface area is 98.9 Å². The molecule has 15 heavy (non-hydrogen) atoms. The number of carbonyl (C=O) groups excluding carboxylic acids is 1. The minimum atomic E-state index is -0.223. The molecule has 1 aromatic carbocycles. The van der Waals surface area contributed by atoms with Gasteiger partial charge in [-0.3, -0.25) is 4.79 Å². The van der Waals surface area contributed by atoms with Crippen LogP contribution in [0.15, 0.2) is 24.8 Å². The summed E-state index contributed by atoms with van der Waals surface area (Å²) in [5.74, 6) is -0.223. The Kier molecular flexibility index (Phi) is 4.18. The van der Waals surface area contributed by atoms with E-state index >= 15 is 0 Å². The fourth-order valence-electron chi connectivity index (χ4n) is 1.11. The van der Waals surface area contributed by atoms with Crippen LogP contribution < -0.4 is 5.32 Å². The van der Waals surface area contributed by atoms with Crippen LogP contribution >= 0.6 is 23.2 Å². The number of halogens is 2. The largest absolute Gasteiger partial charge is 0.348 e. The molecule has 2 nitrogen and oxygen atoms in total. The summed E-state index contributed by atoms with van der Waals surface area (Å²) in [6.45, 7) is 5.57. The van der Waals surface area contributed by atoms with E-state index in [0.29, 0.717) is 16.6 Å². The van der Waals surface area contributed by atoms with Crippen molar-refractivity contribution in [2.75, 3.05) is 0 Å². The zero-order valence-corrected chi connectivity index (χ0v) is 9.82. The molecule has 4 heteroatoms. The lowest BCUT2D eigenvalue weighted by atomic mass is 10.1. The predicted octanol–water partition coefficient (Wildman–Crippen LogP) is 3.10. The van der Waals surface area contributed by atoms with Gasteiger partial charge in [0, 0.05) is 16.6 Å². The van der Waals surface area contributed by atoms with E-state index in [-0.39, 0.29) is 5.91 Å². The molecule has 0 aliphatic rings. The lowest BCUT2D eigenvalue weighted by Crippen LogP contribution is -2.20. The zero-order valence-electron chi connectivity index (χ0n) is 8.31. The van der Waals surface area contributed by atoms with Crippen molar-refractivity contribution in [1.82, 2.24) is 5.32 Å². The molecule has 0 unspecified atom stereocenters. The normalized spacial score (nSPS) is 9.80. The molecule has 0 fully saturated rings. The van der Waals surface area contributed by atoms with Gasteiger partial charge in [0.25, 0.3) is 0 Å². The summed E-state index contributed by atoms with van der Waals surface area (Å²) in [5, 5.41) is 3.87. The van der Waals surface area contributed by atoms with Gasteiger partial charge in [0.2, 0.25) is 5.91 Å². The van der Waals surface area contributed by atoms with E-state index in [9.17, 15) is 4.79 Å². The first-order chi connectivity index (χ1) is 7.06. The molecule has 0 aliphatic carbocycles. The summed E-state index contributed by atoms with van der Waals surface area (Å²) in [6, 6.07) is 3.55. The van der Waals surface area contributed by atoms with Gasteiger partial charge in [-0.1, -0.05) is 35.8 Å². The van der Waals surface area contributed by atoms with E-state index < -0.39 is 0 Å². The number of hydrogen-bond donors (Lipinski definition) is 1. The highest BCUT2D eigenvalue weighted by Gasteiger charge is 2.06. The monoisotopic (exact) mass is 243 g/mol. The molecule has 1 rings (SSSR count). The highest BCUT2D eigenvalue weighted by Crippen LogP contribution is 2.26. The molecule has 0 heterocycles. The maximum Gasteiger partial charge on any atom is 0.243 e. The average Bonchev–Trinajstić information content (AvgIpc) is 2.24. The predicted molar refractivity (Wildman–Crippen MR) is 63.2 cm³/mol. The van der Waals surface area contributed by atoms with Crippen molar-refractivity contribution in [3.8, 4) is 0 Å². The van der Waals surface area contributed by atoms with E-state index in [1.165, 1.54) is 6.08 Å². The molecule has 0 saturated carbocycles. The van der Waals surface area contributed by atoms with E-state index in [1.54, 1.807) is 12.1 Å². The van der Waals surface area contributed by atoms with Gasteiger partial charge in [-0.2, -0.15) is 0 Å². The number of rotatable bonds is 3. The Morgan fingerprint density at radius 1 is 1.53 bits per heavy atom. The maximum atomic E-state index is 10.9. The van der Waals surface area contributed by atoms with Gasteiger partial charge in [-0.25, -0.2) is 0 Å². The minimum Gasteiger partial charge on any atom is -0.348 e. The standard InChI is InChI=1S/C11H11Cl2NO/c1-3-10(15)14-6-8-4-5-9(12)7(2)11(8)13/h3-5H,1,6H2,2H3,(H,14,15). The Morgan fingerprint density at radius 3 is 2.80 bits per heavy atom. The molecular formula is C11H11Cl2NO. The lowest BCUT2D eigenvalue weighted by molar-refractivity contribution is -0.116. The molecule has 0 aliphatic heterocycles. The van der Waals surface area contributed by atoms with Crippen molar-refractivity contribution in [2.45, 2.75) is 13.5 Å². The summed E-state index contributed by atoms with van der Waals surface area (Å²) < 4.78 is 0.